The molecule has 1 aliphatic rings. The SMILES string of the molecule is CCC(=O)Nc1ccc(S(=O)(=O)Nc2ccc3c(c2)CCCN3C(=O)COC)cc1. The molecule has 9 heteroatoms. The summed E-state index contributed by atoms with van der Waals surface area (Å²) in [7, 11) is -2.32. The summed E-state index contributed by atoms with van der Waals surface area (Å²) in [5, 5.41) is 2.68. The lowest BCUT2D eigenvalue weighted by Crippen LogP contribution is -2.37. The van der Waals surface area contributed by atoms with Gasteiger partial charge in [0.25, 0.3) is 15.9 Å². The average molecular weight is 432 g/mol. The molecule has 160 valence electrons. The molecule has 0 aliphatic carbocycles. The lowest BCUT2D eigenvalue weighted by molar-refractivity contribution is -0.122. The van der Waals surface area contributed by atoms with Gasteiger partial charge in [0.1, 0.15) is 6.61 Å². The molecule has 8 nitrogen and oxygen atoms in total. The third-order valence-corrected chi connectivity index (χ3v) is 6.19. The van der Waals surface area contributed by atoms with E-state index in [9.17, 15) is 18.0 Å². The van der Waals surface area contributed by atoms with Gasteiger partial charge in [0, 0.05) is 37.1 Å². The van der Waals surface area contributed by atoms with Crippen molar-refractivity contribution in [3.05, 3.63) is 48.0 Å². The van der Waals surface area contributed by atoms with Crippen LogP contribution in [0.4, 0.5) is 17.1 Å². The maximum atomic E-state index is 12.7. The highest BCUT2D eigenvalue weighted by molar-refractivity contribution is 7.92. The Morgan fingerprint density at radius 3 is 2.47 bits per heavy atom. The minimum Gasteiger partial charge on any atom is -0.375 e. The van der Waals surface area contributed by atoms with Crippen molar-refractivity contribution in [1.82, 2.24) is 0 Å². The van der Waals surface area contributed by atoms with Crippen LogP contribution in [0.3, 0.4) is 0 Å². The number of hydrogen-bond acceptors (Lipinski definition) is 5. The van der Waals surface area contributed by atoms with Gasteiger partial charge in [0.05, 0.1) is 4.90 Å². The molecule has 30 heavy (non-hydrogen) atoms. The van der Waals surface area contributed by atoms with Crippen molar-refractivity contribution < 1.29 is 22.7 Å². The molecule has 2 aromatic rings. The van der Waals surface area contributed by atoms with Crippen molar-refractivity contribution in [1.29, 1.82) is 0 Å². The van der Waals surface area contributed by atoms with Gasteiger partial charge in [-0.2, -0.15) is 0 Å². The Bertz CT molecular complexity index is 1040. The highest BCUT2D eigenvalue weighted by atomic mass is 32.2. The zero-order valence-electron chi connectivity index (χ0n) is 17.0. The fourth-order valence-electron chi connectivity index (χ4n) is 3.30. The molecule has 0 bridgehead atoms. The molecule has 1 aliphatic heterocycles. The lowest BCUT2D eigenvalue weighted by atomic mass is 10.0. The molecule has 0 fully saturated rings. The second-order valence-corrected chi connectivity index (χ2v) is 8.64. The third-order valence-electron chi connectivity index (χ3n) is 4.79. The molecule has 0 unspecified atom stereocenters. The normalized spacial score (nSPS) is 13.5. The van der Waals surface area contributed by atoms with E-state index in [0.717, 1.165) is 24.1 Å². The number of sulfonamides is 1. The number of methoxy groups -OCH3 is 1. The van der Waals surface area contributed by atoms with E-state index in [1.165, 1.54) is 19.2 Å². The fourth-order valence-corrected chi connectivity index (χ4v) is 4.35. The number of amides is 2. The summed E-state index contributed by atoms with van der Waals surface area (Å²) in [6.45, 7) is 2.35. The summed E-state index contributed by atoms with van der Waals surface area (Å²) >= 11 is 0. The fraction of sp³-hybridized carbons (Fsp3) is 0.333. The number of nitrogens with one attached hydrogen (secondary N) is 2. The molecule has 2 amide bonds. The number of carbonyl (C=O) groups excluding carboxylic acids is 2. The minimum atomic E-state index is -3.79. The number of benzene rings is 2. The quantitative estimate of drug-likeness (QED) is 0.701. The first-order valence-corrected chi connectivity index (χ1v) is 11.2. The summed E-state index contributed by atoms with van der Waals surface area (Å²) in [6.07, 6.45) is 1.89. The van der Waals surface area contributed by atoms with E-state index in [1.807, 2.05) is 0 Å². The van der Waals surface area contributed by atoms with E-state index < -0.39 is 10.0 Å². The second-order valence-electron chi connectivity index (χ2n) is 6.96. The van der Waals surface area contributed by atoms with Crippen LogP contribution < -0.4 is 14.9 Å². The molecule has 1 heterocycles. The van der Waals surface area contributed by atoms with Gasteiger partial charge in [-0.1, -0.05) is 6.92 Å². The first-order valence-electron chi connectivity index (χ1n) is 9.69. The number of hydrogen-bond donors (Lipinski definition) is 2. The predicted octanol–water partition coefficient (Wildman–Crippen LogP) is 2.76. The molecule has 0 saturated carbocycles. The molecule has 0 aromatic heterocycles. The van der Waals surface area contributed by atoms with Gasteiger partial charge >= 0.3 is 0 Å². The monoisotopic (exact) mass is 431 g/mol. The summed E-state index contributed by atoms with van der Waals surface area (Å²) in [4.78, 5) is 25.4. The van der Waals surface area contributed by atoms with Crippen molar-refractivity contribution in [3.8, 4) is 0 Å². The predicted molar refractivity (Wildman–Crippen MR) is 115 cm³/mol. The second kappa shape index (κ2) is 9.27. The van der Waals surface area contributed by atoms with Crippen LogP contribution in [0.25, 0.3) is 0 Å². The summed E-state index contributed by atoms with van der Waals surface area (Å²) < 4.78 is 33.0. The number of aryl methyl sites for hydroxylation is 1. The van der Waals surface area contributed by atoms with Gasteiger partial charge in [-0.25, -0.2) is 8.42 Å². The molecule has 0 spiro atoms. The average Bonchev–Trinajstić information content (AvgIpc) is 2.73. The van der Waals surface area contributed by atoms with E-state index in [4.69, 9.17) is 4.74 Å². The van der Waals surface area contributed by atoms with Gasteiger partial charge in [0.2, 0.25) is 5.91 Å². The highest BCUT2D eigenvalue weighted by Crippen LogP contribution is 2.30. The standard InChI is InChI=1S/C21H25N3O5S/c1-3-20(25)22-16-6-9-18(10-7-16)30(27,28)23-17-8-11-19-15(13-17)5-4-12-24(19)21(26)14-29-2/h6-11,13,23H,3-5,12,14H2,1-2H3,(H,22,25). The summed E-state index contributed by atoms with van der Waals surface area (Å²) in [6, 6.07) is 11.1. The van der Waals surface area contributed by atoms with Crippen LogP contribution >= 0.6 is 0 Å². The number of nitrogens with zero attached hydrogens (tertiary/aromatic N) is 1. The van der Waals surface area contributed by atoms with Crippen LogP contribution in [0.15, 0.2) is 47.4 Å². The van der Waals surface area contributed by atoms with Crippen LogP contribution in [-0.2, 0) is 30.8 Å². The molecule has 0 radical (unpaired) electrons. The maximum Gasteiger partial charge on any atom is 0.261 e. The van der Waals surface area contributed by atoms with Crippen molar-refractivity contribution in [2.45, 2.75) is 31.1 Å². The Balaban J connectivity index is 1.77. The largest absolute Gasteiger partial charge is 0.375 e. The number of rotatable bonds is 7. The van der Waals surface area contributed by atoms with E-state index in [1.54, 1.807) is 42.2 Å². The molecule has 0 atom stereocenters. The van der Waals surface area contributed by atoms with Gasteiger partial charge in [-0.15, -0.1) is 0 Å². The zero-order chi connectivity index (χ0) is 21.7. The van der Waals surface area contributed by atoms with Crippen LogP contribution in [0.1, 0.15) is 25.3 Å². The van der Waals surface area contributed by atoms with Crippen molar-refractivity contribution >= 4 is 38.9 Å². The van der Waals surface area contributed by atoms with Crippen LogP contribution in [0.2, 0.25) is 0 Å². The van der Waals surface area contributed by atoms with Crippen LogP contribution in [-0.4, -0.2) is 40.5 Å². The Morgan fingerprint density at radius 1 is 1.10 bits per heavy atom. The number of carbonyl (C=O) groups is 2. The van der Waals surface area contributed by atoms with E-state index >= 15 is 0 Å². The van der Waals surface area contributed by atoms with Crippen LogP contribution in [0, 0.1) is 0 Å². The summed E-state index contributed by atoms with van der Waals surface area (Å²) in [5.74, 6) is -0.266. The molecular formula is C21H25N3O5S. The Morgan fingerprint density at radius 2 is 1.80 bits per heavy atom. The topological polar surface area (TPSA) is 105 Å². The zero-order valence-corrected chi connectivity index (χ0v) is 17.8. The van der Waals surface area contributed by atoms with Crippen molar-refractivity contribution in [2.24, 2.45) is 0 Å². The van der Waals surface area contributed by atoms with E-state index in [-0.39, 0.29) is 23.3 Å². The molecular weight excluding hydrogens is 406 g/mol. The van der Waals surface area contributed by atoms with Crippen molar-refractivity contribution in [2.75, 3.05) is 35.2 Å². The minimum absolute atomic E-state index is 0.00251. The van der Waals surface area contributed by atoms with E-state index in [0.29, 0.717) is 24.3 Å². The molecule has 2 N–H and O–H groups in total. The molecule has 3 rings (SSSR count). The number of ether oxygens (including phenoxy) is 1. The lowest BCUT2D eigenvalue weighted by Gasteiger charge is -2.29. The van der Waals surface area contributed by atoms with Crippen LogP contribution in [0.5, 0.6) is 0 Å². The highest BCUT2D eigenvalue weighted by Gasteiger charge is 2.23. The maximum absolute atomic E-state index is 12.7. The van der Waals surface area contributed by atoms with Gasteiger partial charge in [0.15, 0.2) is 0 Å². The Labute approximate surface area is 176 Å². The third kappa shape index (κ3) is 4.98. The number of anilines is 3. The smallest absolute Gasteiger partial charge is 0.261 e. The van der Waals surface area contributed by atoms with Gasteiger partial charge in [-0.3, -0.25) is 14.3 Å². The summed E-state index contributed by atoms with van der Waals surface area (Å²) in [5.41, 5.74) is 2.65. The first kappa shape index (κ1) is 21.8. The van der Waals surface area contributed by atoms with Gasteiger partial charge < -0.3 is 15.0 Å². The van der Waals surface area contributed by atoms with Gasteiger partial charge in [-0.05, 0) is 60.9 Å². The first-order chi connectivity index (χ1) is 14.3. The Hall–Kier alpha value is -2.91. The molecule has 2 aromatic carbocycles. The Kier molecular flexibility index (Phi) is 6.73. The molecule has 0 saturated heterocycles. The van der Waals surface area contributed by atoms with E-state index in [2.05, 4.69) is 10.0 Å². The van der Waals surface area contributed by atoms with Crippen molar-refractivity contribution in [3.63, 3.8) is 0 Å². The number of fused-ring (bicyclic) bond motifs is 1.